The zero-order valence-corrected chi connectivity index (χ0v) is 11.9. The Morgan fingerprint density at radius 3 is 2.47 bits per heavy atom. The van der Waals surface area contributed by atoms with E-state index in [2.05, 4.69) is 37.9 Å². The van der Waals surface area contributed by atoms with Crippen LogP contribution in [0.5, 0.6) is 11.6 Å². The number of benzene rings is 1. The number of pyridine rings is 1. The van der Waals surface area contributed by atoms with Crippen LogP contribution in [0, 0.1) is 6.92 Å². The predicted molar refractivity (Wildman–Crippen MR) is 78.6 cm³/mol. The Morgan fingerprint density at radius 1 is 1.11 bits per heavy atom. The zero-order valence-electron chi connectivity index (χ0n) is 11.9. The highest BCUT2D eigenvalue weighted by Gasteiger charge is 2.19. The summed E-state index contributed by atoms with van der Waals surface area (Å²) >= 11 is 0. The van der Waals surface area contributed by atoms with E-state index < -0.39 is 0 Å². The van der Waals surface area contributed by atoms with Crippen molar-refractivity contribution in [1.82, 2.24) is 4.98 Å². The third-order valence-corrected chi connectivity index (χ3v) is 2.90. The molecule has 0 aliphatic carbocycles. The maximum atomic E-state index is 5.91. The molecule has 19 heavy (non-hydrogen) atoms. The van der Waals surface area contributed by atoms with Crippen molar-refractivity contribution in [2.75, 3.05) is 5.73 Å². The van der Waals surface area contributed by atoms with Crippen LogP contribution < -0.4 is 10.5 Å². The monoisotopic (exact) mass is 256 g/mol. The molecule has 0 aliphatic rings. The maximum absolute atomic E-state index is 5.91. The second-order valence-corrected chi connectivity index (χ2v) is 5.75. The molecular formula is C16H20N2O. The number of hydrogen-bond donors (Lipinski definition) is 1. The average molecular weight is 256 g/mol. The Bertz CT molecular complexity index is 586. The molecule has 0 bridgehead atoms. The minimum atomic E-state index is 0.0172. The number of ether oxygens (including phenoxy) is 1. The van der Waals surface area contributed by atoms with E-state index in [1.165, 1.54) is 0 Å². The van der Waals surface area contributed by atoms with E-state index in [0.717, 1.165) is 16.9 Å². The highest BCUT2D eigenvalue weighted by Crippen LogP contribution is 2.34. The van der Waals surface area contributed by atoms with E-state index in [0.29, 0.717) is 11.7 Å². The van der Waals surface area contributed by atoms with Crippen molar-refractivity contribution in [3.05, 3.63) is 47.5 Å². The molecule has 0 aliphatic heterocycles. The van der Waals surface area contributed by atoms with E-state index in [9.17, 15) is 0 Å². The van der Waals surface area contributed by atoms with Crippen LogP contribution in [-0.4, -0.2) is 4.98 Å². The molecule has 1 heterocycles. The smallest absolute Gasteiger partial charge is 0.221 e. The maximum Gasteiger partial charge on any atom is 0.221 e. The lowest BCUT2D eigenvalue weighted by atomic mass is 9.86. The van der Waals surface area contributed by atoms with Crippen LogP contribution in [0.25, 0.3) is 0 Å². The van der Waals surface area contributed by atoms with Crippen LogP contribution in [0.15, 0.2) is 36.4 Å². The Labute approximate surface area is 114 Å². The van der Waals surface area contributed by atoms with Crippen LogP contribution in [0.2, 0.25) is 0 Å². The second-order valence-electron chi connectivity index (χ2n) is 5.75. The highest BCUT2D eigenvalue weighted by molar-refractivity contribution is 5.43. The Morgan fingerprint density at radius 2 is 1.84 bits per heavy atom. The van der Waals surface area contributed by atoms with Gasteiger partial charge in [0.15, 0.2) is 0 Å². The van der Waals surface area contributed by atoms with E-state index in [1.807, 2.05) is 25.1 Å². The summed E-state index contributed by atoms with van der Waals surface area (Å²) in [5.41, 5.74) is 8.01. The van der Waals surface area contributed by atoms with Gasteiger partial charge in [-0.1, -0.05) is 39.0 Å². The first kappa shape index (κ1) is 13.4. The standard InChI is InChI=1S/C16H20N2O/c1-11-8-9-12(16(2,3)4)13(10-11)19-15-7-5-6-14(17)18-15/h5-10H,1-4H3,(H2,17,18). The van der Waals surface area contributed by atoms with Gasteiger partial charge in [-0.15, -0.1) is 0 Å². The largest absolute Gasteiger partial charge is 0.439 e. The molecule has 2 rings (SSSR count). The van der Waals surface area contributed by atoms with Gasteiger partial charge in [-0.05, 0) is 30.0 Å². The van der Waals surface area contributed by atoms with Gasteiger partial charge in [-0.25, -0.2) is 0 Å². The molecule has 1 aromatic carbocycles. The number of anilines is 1. The quantitative estimate of drug-likeness (QED) is 0.881. The highest BCUT2D eigenvalue weighted by atomic mass is 16.5. The van der Waals surface area contributed by atoms with Crippen molar-refractivity contribution < 1.29 is 4.74 Å². The van der Waals surface area contributed by atoms with Crippen LogP contribution in [0.4, 0.5) is 5.82 Å². The van der Waals surface area contributed by atoms with Gasteiger partial charge in [-0.3, -0.25) is 0 Å². The first-order chi connectivity index (χ1) is 8.86. The number of nitrogens with zero attached hydrogens (tertiary/aromatic N) is 1. The normalized spacial score (nSPS) is 11.4. The molecule has 2 N–H and O–H groups in total. The molecule has 0 saturated heterocycles. The van der Waals surface area contributed by atoms with Crippen LogP contribution in [-0.2, 0) is 5.41 Å². The number of hydrogen-bond acceptors (Lipinski definition) is 3. The number of aryl methyl sites for hydroxylation is 1. The SMILES string of the molecule is Cc1ccc(C(C)(C)C)c(Oc2cccc(N)n2)c1. The summed E-state index contributed by atoms with van der Waals surface area (Å²) in [6, 6.07) is 11.6. The van der Waals surface area contributed by atoms with Gasteiger partial charge in [0.05, 0.1) is 0 Å². The predicted octanol–water partition coefficient (Wildman–Crippen LogP) is 4.06. The van der Waals surface area contributed by atoms with Gasteiger partial charge in [0.25, 0.3) is 0 Å². The second kappa shape index (κ2) is 4.92. The van der Waals surface area contributed by atoms with Gasteiger partial charge in [0, 0.05) is 11.6 Å². The minimum Gasteiger partial charge on any atom is -0.439 e. The summed E-state index contributed by atoms with van der Waals surface area (Å²) in [6.45, 7) is 8.54. The number of nitrogens with two attached hydrogens (primary N) is 1. The van der Waals surface area contributed by atoms with Gasteiger partial charge < -0.3 is 10.5 Å². The van der Waals surface area contributed by atoms with Crippen LogP contribution in [0.1, 0.15) is 31.9 Å². The molecule has 0 amide bonds. The fourth-order valence-corrected chi connectivity index (χ4v) is 1.93. The van der Waals surface area contributed by atoms with Crippen molar-refractivity contribution in [2.24, 2.45) is 0 Å². The first-order valence-corrected chi connectivity index (χ1v) is 6.38. The molecule has 2 aromatic rings. The Balaban J connectivity index is 2.41. The van der Waals surface area contributed by atoms with E-state index in [1.54, 1.807) is 6.07 Å². The van der Waals surface area contributed by atoms with Crippen molar-refractivity contribution in [2.45, 2.75) is 33.1 Å². The van der Waals surface area contributed by atoms with Crippen LogP contribution in [0.3, 0.4) is 0 Å². The molecule has 0 unspecified atom stereocenters. The van der Waals surface area contributed by atoms with Gasteiger partial charge in [0.2, 0.25) is 5.88 Å². The van der Waals surface area contributed by atoms with Crippen molar-refractivity contribution in [3.8, 4) is 11.6 Å². The molecule has 100 valence electrons. The molecule has 3 nitrogen and oxygen atoms in total. The van der Waals surface area contributed by atoms with E-state index in [4.69, 9.17) is 10.5 Å². The summed E-state index contributed by atoms with van der Waals surface area (Å²) in [7, 11) is 0. The summed E-state index contributed by atoms with van der Waals surface area (Å²) in [5, 5.41) is 0. The molecule has 3 heteroatoms. The third kappa shape index (κ3) is 3.25. The third-order valence-electron chi connectivity index (χ3n) is 2.90. The topological polar surface area (TPSA) is 48.1 Å². The fraction of sp³-hybridized carbons (Fsp3) is 0.312. The summed E-state index contributed by atoms with van der Waals surface area (Å²) in [6.07, 6.45) is 0. The van der Waals surface area contributed by atoms with E-state index >= 15 is 0 Å². The Hall–Kier alpha value is -2.03. The summed E-state index contributed by atoms with van der Waals surface area (Å²) in [4.78, 5) is 4.18. The minimum absolute atomic E-state index is 0.0172. The first-order valence-electron chi connectivity index (χ1n) is 6.38. The molecule has 0 fully saturated rings. The van der Waals surface area contributed by atoms with Gasteiger partial charge in [-0.2, -0.15) is 4.98 Å². The molecular weight excluding hydrogens is 236 g/mol. The number of aromatic nitrogens is 1. The van der Waals surface area contributed by atoms with Crippen molar-refractivity contribution in [3.63, 3.8) is 0 Å². The van der Waals surface area contributed by atoms with E-state index in [-0.39, 0.29) is 5.41 Å². The number of rotatable bonds is 2. The zero-order chi connectivity index (χ0) is 14.0. The fourth-order valence-electron chi connectivity index (χ4n) is 1.93. The average Bonchev–Trinajstić information content (AvgIpc) is 2.27. The van der Waals surface area contributed by atoms with Crippen molar-refractivity contribution >= 4 is 5.82 Å². The van der Waals surface area contributed by atoms with Gasteiger partial charge >= 0.3 is 0 Å². The molecule has 0 atom stereocenters. The lowest BCUT2D eigenvalue weighted by molar-refractivity contribution is 0.440. The lowest BCUT2D eigenvalue weighted by Gasteiger charge is -2.22. The van der Waals surface area contributed by atoms with Crippen LogP contribution >= 0.6 is 0 Å². The lowest BCUT2D eigenvalue weighted by Crippen LogP contribution is -2.12. The number of nitrogen functional groups attached to an aromatic ring is 1. The van der Waals surface area contributed by atoms with Crippen molar-refractivity contribution in [1.29, 1.82) is 0 Å². The summed E-state index contributed by atoms with van der Waals surface area (Å²) in [5.74, 6) is 1.82. The molecule has 0 radical (unpaired) electrons. The molecule has 0 spiro atoms. The van der Waals surface area contributed by atoms with Gasteiger partial charge in [0.1, 0.15) is 11.6 Å². The molecule has 1 aromatic heterocycles. The molecule has 0 saturated carbocycles. The summed E-state index contributed by atoms with van der Waals surface area (Å²) < 4.78 is 5.91. The Kier molecular flexibility index (Phi) is 3.47.